The van der Waals surface area contributed by atoms with Crippen LogP contribution in [0.1, 0.15) is 11.7 Å². The van der Waals surface area contributed by atoms with E-state index in [1.807, 2.05) is 6.07 Å². The summed E-state index contributed by atoms with van der Waals surface area (Å²) in [5.41, 5.74) is 0.771. The Morgan fingerprint density at radius 3 is 2.50 bits per heavy atom. The van der Waals surface area contributed by atoms with E-state index in [2.05, 4.69) is 6.58 Å². The predicted octanol–water partition coefficient (Wildman–Crippen LogP) is 1.81. The number of hydrogen-bond acceptors (Lipinski definition) is 3. The topological polar surface area (TPSA) is 53.2 Å². The molecule has 0 aliphatic carbocycles. The van der Waals surface area contributed by atoms with Gasteiger partial charge in [-0.15, -0.1) is 0 Å². The van der Waals surface area contributed by atoms with Gasteiger partial charge < -0.3 is 9.84 Å². The normalized spacial score (nSPS) is 11.5. The van der Waals surface area contributed by atoms with Crippen LogP contribution in [0.3, 0.4) is 0 Å². The Kier molecular flexibility index (Phi) is 3.27. The second-order valence-electron chi connectivity index (χ2n) is 2.81. The number of ether oxygens (including phenoxy) is 1. The lowest BCUT2D eigenvalue weighted by atomic mass is 10.0. The number of methoxy groups -OCH3 is 1. The fraction of sp³-hybridized carbons (Fsp3) is 0.182. The summed E-state index contributed by atoms with van der Waals surface area (Å²) in [6, 6.07) is 8.67. The van der Waals surface area contributed by atoms with Gasteiger partial charge in [0, 0.05) is 0 Å². The molecule has 0 fully saturated rings. The molecule has 0 heterocycles. The van der Waals surface area contributed by atoms with E-state index in [-0.39, 0.29) is 5.57 Å². The van der Waals surface area contributed by atoms with Crippen LogP contribution in [0.5, 0.6) is 5.75 Å². The first-order valence-electron chi connectivity index (χ1n) is 4.10. The third-order valence-corrected chi connectivity index (χ3v) is 1.91. The van der Waals surface area contributed by atoms with Gasteiger partial charge in [-0.2, -0.15) is 5.26 Å². The molecule has 14 heavy (non-hydrogen) atoms. The fourth-order valence-electron chi connectivity index (χ4n) is 1.05. The molecule has 1 N–H and O–H groups in total. The minimum absolute atomic E-state index is 0.134. The molecule has 0 bridgehead atoms. The number of nitriles is 1. The zero-order valence-corrected chi connectivity index (χ0v) is 7.90. The van der Waals surface area contributed by atoms with Crippen molar-refractivity contribution in [2.75, 3.05) is 7.11 Å². The van der Waals surface area contributed by atoms with E-state index in [0.717, 1.165) is 0 Å². The molecule has 1 aromatic rings. The van der Waals surface area contributed by atoms with E-state index >= 15 is 0 Å². The van der Waals surface area contributed by atoms with Crippen molar-refractivity contribution in [2.24, 2.45) is 0 Å². The molecule has 72 valence electrons. The smallest absolute Gasteiger partial charge is 0.118 e. The molecule has 1 atom stereocenters. The van der Waals surface area contributed by atoms with Gasteiger partial charge in [0.25, 0.3) is 0 Å². The van der Waals surface area contributed by atoms with Crippen LogP contribution in [-0.2, 0) is 0 Å². The second kappa shape index (κ2) is 4.45. The molecule has 0 amide bonds. The zero-order valence-electron chi connectivity index (χ0n) is 7.90. The summed E-state index contributed by atoms with van der Waals surface area (Å²) in [7, 11) is 1.57. The largest absolute Gasteiger partial charge is 0.497 e. The number of rotatable bonds is 3. The van der Waals surface area contributed by atoms with E-state index in [1.165, 1.54) is 0 Å². The number of benzene rings is 1. The van der Waals surface area contributed by atoms with Gasteiger partial charge >= 0.3 is 0 Å². The monoisotopic (exact) mass is 189 g/mol. The van der Waals surface area contributed by atoms with Gasteiger partial charge in [-0.3, -0.25) is 0 Å². The van der Waals surface area contributed by atoms with Gasteiger partial charge in [-0.05, 0) is 17.7 Å². The highest BCUT2D eigenvalue weighted by atomic mass is 16.5. The van der Waals surface area contributed by atoms with Gasteiger partial charge in [0.05, 0.1) is 18.8 Å². The summed E-state index contributed by atoms with van der Waals surface area (Å²) in [4.78, 5) is 0. The molecule has 0 aromatic heterocycles. The minimum atomic E-state index is -0.925. The zero-order chi connectivity index (χ0) is 10.6. The molecule has 3 nitrogen and oxygen atoms in total. The first kappa shape index (κ1) is 10.3. The first-order chi connectivity index (χ1) is 6.69. The van der Waals surface area contributed by atoms with Crippen molar-refractivity contribution in [2.45, 2.75) is 6.10 Å². The van der Waals surface area contributed by atoms with Crippen LogP contribution in [0.15, 0.2) is 36.4 Å². The van der Waals surface area contributed by atoms with E-state index in [0.29, 0.717) is 11.3 Å². The number of hydrogen-bond donors (Lipinski definition) is 1. The van der Waals surface area contributed by atoms with Crippen molar-refractivity contribution >= 4 is 0 Å². The van der Waals surface area contributed by atoms with Crippen molar-refractivity contribution < 1.29 is 9.84 Å². The lowest BCUT2D eigenvalue weighted by molar-refractivity contribution is 0.221. The van der Waals surface area contributed by atoms with Crippen molar-refractivity contribution in [3.8, 4) is 11.8 Å². The summed E-state index contributed by atoms with van der Waals surface area (Å²) < 4.78 is 4.97. The Bertz CT molecular complexity index is 362. The summed E-state index contributed by atoms with van der Waals surface area (Å²) in [6.07, 6.45) is -0.925. The highest BCUT2D eigenvalue weighted by molar-refractivity contribution is 5.35. The molecular formula is C11H11NO2. The van der Waals surface area contributed by atoms with Crippen LogP contribution in [0.25, 0.3) is 0 Å². The lowest BCUT2D eigenvalue weighted by Crippen LogP contribution is -1.98. The van der Waals surface area contributed by atoms with Crippen molar-refractivity contribution in [3.63, 3.8) is 0 Å². The fourth-order valence-corrected chi connectivity index (χ4v) is 1.05. The molecule has 0 saturated heterocycles. The second-order valence-corrected chi connectivity index (χ2v) is 2.81. The molecule has 1 aromatic carbocycles. The molecule has 1 unspecified atom stereocenters. The first-order valence-corrected chi connectivity index (χ1v) is 4.10. The Morgan fingerprint density at radius 2 is 2.07 bits per heavy atom. The number of nitrogens with zero attached hydrogens (tertiary/aromatic N) is 1. The van der Waals surface area contributed by atoms with Crippen molar-refractivity contribution in [3.05, 3.63) is 42.0 Å². The maximum Gasteiger partial charge on any atom is 0.118 e. The summed E-state index contributed by atoms with van der Waals surface area (Å²) in [6.45, 7) is 3.45. The van der Waals surface area contributed by atoms with Crippen LogP contribution in [0.2, 0.25) is 0 Å². The average molecular weight is 189 g/mol. The van der Waals surface area contributed by atoms with Crippen LogP contribution in [0.4, 0.5) is 0 Å². The van der Waals surface area contributed by atoms with Gasteiger partial charge in [0.15, 0.2) is 0 Å². The number of aliphatic hydroxyl groups excluding tert-OH is 1. The van der Waals surface area contributed by atoms with Gasteiger partial charge in [0.2, 0.25) is 0 Å². The van der Waals surface area contributed by atoms with Gasteiger partial charge in [-0.1, -0.05) is 18.7 Å². The third kappa shape index (κ3) is 2.12. The Labute approximate surface area is 82.9 Å². The Hall–Kier alpha value is -1.79. The molecule has 1 rings (SSSR count). The molecule has 0 spiro atoms. The highest BCUT2D eigenvalue weighted by Crippen LogP contribution is 2.21. The van der Waals surface area contributed by atoms with E-state index in [1.54, 1.807) is 31.4 Å². The summed E-state index contributed by atoms with van der Waals surface area (Å²) in [5.74, 6) is 0.712. The lowest BCUT2D eigenvalue weighted by Gasteiger charge is -2.08. The van der Waals surface area contributed by atoms with Crippen LogP contribution < -0.4 is 4.74 Å². The standard InChI is InChI=1S/C11H11NO2/c1-8(7-12)11(13)9-3-5-10(14-2)6-4-9/h3-6,11,13H,1H2,2H3. The number of aliphatic hydroxyl groups is 1. The average Bonchev–Trinajstić information content (AvgIpc) is 2.27. The maximum atomic E-state index is 9.59. The van der Waals surface area contributed by atoms with Gasteiger partial charge in [0.1, 0.15) is 11.9 Å². The molecule has 0 saturated carbocycles. The van der Waals surface area contributed by atoms with E-state index in [9.17, 15) is 5.11 Å². The quantitative estimate of drug-likeness (QED) is 0.738. The SMILES string of the molecule is C=C(C#N)C(O)c1ccc(OC)cc1. The van der Waals surface area contributed by atoms with Crippen LogP contribution >= 0.6 is 0 Å². The Balaban J connectivity index is 2.88. The maximum absolute atomic E-state index is 9.59. The van der Waals surface area contributed by atoms with E-state index < -0.39 is 6.10 Å². The molecule has 0 aliphatic rings. The minimum Gasteiger partial charge on any atom is -0.497 e. The highest BCUT2D eigenvalue weighted by Gasteiger charge is 2.10. The van der Waals surface area contributed by atoms with Crippen LogP contribution in [-0.4, -0.2) is 12.2 Å². The molecular weight excluding hydrogens is 178 g/mol. The molecule has 3 heteroatoms. The van der Waals surface area contributed by atoms with Gasteiger partial charge in [-0.25, -0.2) is 0 Å². The molecule has 0 radical (unpaired) electrons. The Morgan fingerprint density at radius 1 is 1.50 bits per heavy atom. The van der Waals surface area contributed by atoms with Crippen molar-refractivity contribution in [1.29, 1.82) is 5.26 Å². The van der Waals surface area contributed by atoms with Crippen molar-refractivity contribution in [1.82, 2.24) is 0 Å². The summed E-state index contributed by atoms with van der Waals surface area (Å²) in [5, 5.41) is 18.1. The van der Waals surface area contributed by atoms with E-state index in [4.69, 9.17) is 10.00 Å². The molecule has 0 aliphatic heterocycles. The summed E-state index contributed by atoms with van der Waals surface area (Å²) >= 11 is 0. The third-order valence-electron chi connectivity index (χ3n) is 1.91. The predicted molar refractivity (Wildman–Crippen MR) is 52.7 cm³/mol. The van der Waals surface area contributed by atoms with Crippen LogP contribution in [0, 0.1) is 11.3 Å².